The Hall–Kier alpha value is -1.68. The first-order chi connectivity index (χ1) is 13.2. The van der Waals surface area contributed by atoms with E-state index in [0.717, 1.165) is 0 Å². The summed E-state index contributed by atoms with van der Waals surface area (Å²) in [6.07, 6.45) is 2.12. The summed E-state index contributed by atoms with van der Waals surface area (Å²) >= 11 is 12.1. The lowest BCUT2D eigenvalue weighted by atomic mass is 9.83. The molecule has 1 aliphatic carbocycles. The predicted molar refractivity (Wildman–Crippen MR) is 104 cm³/mol. The molecule has 150 valence electrons. The summed E-state index contributed by atoms with van der Waals surface area (Å²) < 4.78 is 7.51. The van der Waals surface area contributed by atoms with Gasteiger partial charge in [-0.2, -0.15) is 0 Å². The van der Waals surface area contributed by atoms with E-state index in [4.69, 9.17) is 33.7 Å². The molecule has 0 amide bonds. The monoisotopic (exact) mass is 426 g/mol. The lowest BCUT2D eigenvalue weighted by molar-refractivity contribution is -0.123. The summed E-state index contributed by atoms with van der Waals surface area (Å²) in [5, 5.41) is 34.0. The number of hydrogen-bond donors (Lipinski definition) is 4. The third-order valence-corrected chi connectivity index (χ3v) is 6.27. The first-order valence-electron chi connectivity index (χ1n) is 8.75. The highest BCUT2D eigenvalue weighted by Gasteiger charge is 2.56. The van der Waals surface area contributed by atoms with Crippen molar-refractivity contribution in [2.75, 3.05) is 5.73 Å². The van der Waals surface area contributed by atoms with E-state index < -0.39 is 36.1 Å². The first kappa shape index (κ1) is 19.6. The number of aliphatic hydroxyl groups is 3. The number of anilines is 1. The van der Waals surface area contributed by atoms with E-state index in [1.165, 1.54) is 13.3 Å². The van der Waals surface area contributed by atoms with Gasteiger partial charge in [-0.1, -0.05) is 29.3 Å². The second-order valence-electron chi connectivity index (χ2n) is 7.31. The highest BCUT2D eigenvalue weighted by molar-refractivity contribution is 6.40. The van der Waals surface area contributed by atoms with Crippen molar-refractivity contribution in [3.8, 4) is 0 Å². The van der Waals surface area contributed by atoms with E-state index >= 15 is 0 Å². The second-order valence-corrected chi connectivity index (χ2v) is 8.17. The van der Waals surface area contributed by atoms with Crippen LogP contribution in [0, 0.1) is 5.92 Å². The largest absolute Gasteiger partial charge is 0.390 e. The smallest absolute Gasteiger partial charge is 0.164 e. The van der Waals surface area contributed by atoms with Gasteiger partial charge in [-0.25, -0.2) is 9.97 Å². The molecular formula is C18H20Cl2N4O4. The van der Waals surface area contributed by atoms with Crippen molar-refractivity contribution in [1.29, 1.82) is 0 Å². The van der Waals surface area contributed by atoms with Gasteiger partial charge in [-0.15, -0.1) is 0 Å². The molecule has 8 nitrogen and oxygen atoms in total. The average Bonchev–Trinajstić information content (AvgIpc) is 3.17. The minimum atomic E-state index is -1.72. The minimum Gasteiger partial charge on any atom is -0.390 e. The van der Waals surface area contributed by atoms with Gasteiger partial charge in [0.25, 0.3) is 0 Å². The molecule has 2 aromatic heterocycles. The van der Waals surface area contributed by atoms with Crippen molar-refractivity contribution < 1.29 is 20.1 Å². The van der Waals surface area contributed by atoms with E-state index in [9.17, 15) is 15.3 Å². The van der Waals surface area contributed by atoms with Gasteiger partial charge in [0, 0.05) is 17.1 Å². The molecule has 3 heterocycles. The third kappa shape index (κ3) is 3.01. The van der Waals surface area contributed by atoms with Gasteiger partial charge in [0.05, 0.1) is 16.5 Å². The number of rotatable bonds is 3. The van der Waals surface area contributed by atoms with Crippen molar-refractivity contribution in [3.05, 3.63) is 40.8 Å². The van der Waals surface area contributed by atoms with Gasteiger partial charge in [0.15, 0.2) is 6.23 Å². The molecule has 10 heteroatoms. The number of nitrogens with zero attached hydrogens (tertiary/aromatic N) is 3. The summed E-state index contributed by atoms with van der Waals surface area (Å²) in [6.45, 7) is 1.43. The Bertz CT molecular complexity index is 974. The maximum Gasteiger partial charge on any atom is 0.164 e. The Kier molecular flexibility index (Phi) is 4.89. The fraction of sp³-hybridized carbons (Fsp3) is 0.444. The van der Waals surface area contributed by atoms with Gasteiger partial charge >= 0.3 is 0 Å². The summed E-state index contributed by atoms with van der Waals surface area (Å²) in [5.41, 5.74) is 4.60. The van der Waals surface area contributed by atoms with Gasteiger partial charge in [-0.3, -0.25) is 0 Å². The van der Waals surface area contributed by atoms with Crippen LogP contribution in [-0.4, -0.2) is 53.8 Å². The minimum absolute atomic E-state index is 0.297. The number of halogens is 2. The zero-order chi connectivity index (χ0) is 20.2. The van der Waals surface area contributed by atoms with Crippen LogP contribution in [0.25, 0.3) is 11.0 Å². The van der Waals surface area contributed by atoms with E-state index in [0.29, 0.717) is 33.3 Å². The zero-order valence-electron chi connectivity index (χ0n) is 14.9. The maximum atomic E-state index is 10.9. The second kappa shape index (κ2) is 6.98. The molecule has 2 aromatic rings. The molecule has 2 aliphatic rings. The molecular weight excluding hydrogens is 407 g/mol. The van der Waals surface area contributed by atoms with E-state index in [1.54, 1.807) is 29.0 Å². The number of nitrogens with two attached hydrogens (primary N) is 1. The van der Waals surface area contributed by atoms with Crippen LogP contribution in [0.15, 0.2) is 40.8 Å². The molecule has 1 aliphatic heterocycles. The first-order valence-corrected chi connectivity index (χ1v) is 9.50. The summed E-state index contributed by atoms with van der Waals surface area (Å²) in [5.74, 6) is -0.123. The Labute approximate surface area is 170 Å². The standard InChI is InChI=1S/C18H20Cl2N4O4/c1-18(27)13(26)17(24-5-4-9-15(21)22-7-23-16(9)24)28-14(18)12(25)8-2-3-10(19)11(20)6-8/h2-5,7-8,12-14,17,25-27H,6H2,1H3,(H2,21,22,23)/t8?,12-,13+,14-,17-,18+/m1/s1. The zero-order valence-corrected chi connectivity index (χ0v) is 16.4. The fourth-order valence-corrected chi connectivity index (χ4v) is 4.18. The molecule has 0 aromatic carbocycles. The normalized spacial score (nSPS) is 34.4. The molecule has 5 N–H and O–H groups in total. The van der Waals surface area contributed by atoms with E-state index in [-0.39, 0.29) is 0 Å². The number of aliphatic hydroxyl groups excluding tert-OH is 2. The van der Waals surface area contributed by atoms with Crippen molar-refractivity contribution in [3.63, 3.8) is 0 Å². The quantitative estimate of drug-likeness (QED) is 0.587. The Balaban J connectivity index is 1.64. The van der Waals surface area contributed by atoms with Crippen LogP contribution in [0.1, 0.15) is 19.6 Å². The van der Waals surface area contributed by atoms with Gasteiger partial charge in [0.2, 0.25) is 0 Å². The molecule has 1 fully saturated rings. The molecule has 1 saturated heterocycles. The lowest BCUT2D eigenvalue weighted by Crippen LogP contribution is -2.51. The number of fused-ring (bicyclic) bond motifs is 1. The molecule has 0 bridgehead atoms. The number of ether oxygens (including phenoxy) is 1. The summed E-state index contributed by atoms with van der Waals surface area (Å²) in [7, 11) is 0. The molecule has 4 rings (SSSR count). The van der Waals surface area contributed by atoms with E-state index in [1.807, 2.05) is 0 Å². The number of nitrogen functional groups attached to an aromatic ring is 1. The third-order valence-electron chi connectivity index (χ3n) is 5.46. The SMILES string of the molecule is C[C@@]1(O)[C@@H]([C@H](O)C2C=CC(Cl)=C(Cl)C2)O[C@@H](n2ccc3c(N)ncnc32)[C@@H]1O. The van der Waals surface area contributed by atoms with Crippen LogP contribution in [0.5, 0.6) is 0 Å². The van der Waals surface area contributed by atoms with Crippen LogP contribution in [0.2, 0.25) is 0 Å². The van der Waals surface area contributed by atoms with E-state index in [2.05, 4.69) is 9.97 Å². The van der Waals surface area contributed by atoms with Crippen LogP contribution < -0.4 is 5.73 Å². The van der Waals surface area contributed by atoms with Crippen LogP contribution in [-0.2, 0) is 4.74 Å². The van der Waals surface area contributed by atoms with Crippen molar-refractivity contribution in [2.45, 2.75) is 43.5 Å². The van der Waals surface area contributed by atoms with Gasteiger partial charge < -0.3 is 30.4 Å². The fourth-order valence-electron chi connectivity index (χ4n) is 3.79. The molecule has 0 spiro atoms. The van der Waals surface area contributed by atoms with Crippen molar-refractivity contribution in [1.82, 2.24) is 14.5 Å². The Morgan fingerprint density at radius 2 is 2.14 bits per heavy atom. The summed E-state index contributed by atoms with van der Waals surface area (Å²) in [6, 6.07) is 1.70. The summed E-state index contributed by atoms with van der Waals surface area (Å²) in [4.78, 5) is 8.13. The average molecular weight is 427 g/mol. The van der Waals surface area contributed by atoms with Crippen LogP contribution in [0.3, 0.4) is 0 Å². The predicted octanol–water partition coefficient (Wildman–Crippen LogP) is 1.65. The molecule has 28 heavy (non-hydrogen) atoms. The van der Waals surface area contributed by atoms with Crippen LogP contribution >= 0.6 is 23.2 Å². The van der Waals surface area contributed by atoms with Crippen LogP contribution in [0.4, 0.5) is 5.82 Å². The number of allylic oxidation sites excluding steroid dienone is 3. The van der Waals surface area contributed by atoms with Crippen molar-refractivity contribution in [2.24, 2.45) is 5.92 Å². The van der Waals surface area contributed by atoms with Gasteiger partial charge in [0.1, 0.15) is 35.6 Å². The highest BCUT2D eigenvalue weighted by Crippen LogP contribution is 2.43. The lowest BCUT2D eigenvalue weighted by Gasteiger charge is -2.33. The molecule has 0 saturated carbocycles. The Morgan fingerprint density at radius 1 is 1.39 bits per heavy atom. The molecule has 0 radical (unpaired) electrons. The number of hydrogen-bond acceptors (Lipinski definition) is 7. The van der Waals surface area contributed by atoms with Gasteiger partial charge in [-0.05, 0) is 25.5 Å². The highest BCUT2D eigenvalue weighted by atomic mass is 35.5. The maximum absolute atomic E-state index is 10.9. The molecule has 1 unspecified atom stereocenters. The molecule has 6 atom stereocenters. The number of aromatic nitrogens is 3. The Morgan fingerprint density at radius 3 is 2.86 bits per heavy atom. The topological polar surface area (TPSA) is 127 Å². The van der Waals surface area contributed by atoms with Crippen molar-refractivity contribution >= 4 is 40.1 Å².